The molecule has 4 rings (SSSR count). The average molecular weight is 402 g/mol. The van der Waals surface area contributed by atoms with Crippen molar-refractivity contribution in [1.82, 2.24) is 9.55 Å². The monoisotopic (exact) mass is 402 g/mol. The van der Waals surface area contributed by atoms with Crippen molar-refractivity contribution in [3.8, 4) is 11.5 Å². The van der Waals surface area contributed by atoms with Gasteiger partial charge in [-0.1, -0.05) is 11.8 Å². The van der Waals surface area contributed by atoms with E-state index < -0.39 is 0 Å². The number of aryl methyl sites for hydroxylation is 1. The summed E-state index contributed by atoms with van der Waals surface area (Å²) in [4.78, 5) is 31.7. The summed E-state index contributed by atoms with van der Waals surface area (Å²) in [5, 5.41) is 1.21. The van der Waals surface area contributed by atoms with Gasteiger partial charge in [0.25, 0.3) is 5.56 Å². The number of Topliss-reactive ketones (excluding diaryl/α,β-unsaturated/α-hetero) is 1. The highest BCUT2D eigenvalue weighted by atomic mass is 32.2. The molecule has 3 aromatic rings. The molecule has 0 atom stereocenters. The van der Waals surface area contributed by atoms with Gasteiger partial charge in [0.15, 0.2) is 22.4 Å². The molecular weight excluding hydrogens is 384 g/mol. The smallest absolute Gasteiger partial charge is 0.262 e. The molecule has 0 N–H and O–H groups in total. The van der Waals surface area contributed by atoms with Crippen molar-refractivity contribution in [2.45, 2.75) is 25.5 Å². The summed E-state index contributed by atoms with van der Waals surface area (Å²) in [6.45, 7) is 5.37. The first-order valence-corrected chi connectivity index (χ1v) is 10.4. The first kappa shape index (κ1) is 18.1. The molecule has 0 spiro atoms. The van der Waals surface area contributed by atoms with Crippen LogP contribution in [0.5, 0.6) is 11.5 Å². The fraction of sp³-hybridized carbons (Fsp3) is 0.316. The number of benzene rings is 1. The van der Waals surface area contributed by atoms with Gasteiger partial charge in [0.2, 0.25) is 0 Å². The van der Waals surface area contributed by atoms with Crippen LogP contribution >= 0.6 is 23.1 Å². The summed E-state index contributed by atoms with van der Waals surface area (Å²) >= 11 is 2.78. The van der Waals surface area contributed by atoms with Gasteiger partial charge in [-0.05, 0) is 38.1 Å². The van der Waals surface area contributed by atoms with Crippen LogP contribution in [0.3, 0.4) is 0 Å². The molecular formula is C19H18N2O4S2. The standard InChI is InChI=1S/C19H18N2O4S2/c1-3-21-18(23)13-8-11(2)27-17(13)20-19(21)26-10-14(22)12-4-5-15-16(9-12)25-7-6-24-15/h4-5,8-9H,3,6-7,10H2,1-2H3. The third-order valence-electron chi connectivity index (χ3n) is 4.25. The topological polar surface area (TPSA) is 70.4 Å². The van der Waals surface area contributed by atoms with E-state index in [9.17, 15) is 9.59 Å². The number of rotatable bonds is 5. The maximum atomic E-state index is 12.7. The number of hydrogen-bond acceptors (Lipinski definition) is 7. The van der Waals surface area contributed by atoms with Crippen LogP contribution < -0.4 is 15.0 Å². The molecule has 8 heteroatoms. The van der Waals surface area contributed by atoms with Crippen LogP contribution in [-0.4, -0.2) is 34.3 Å². The van der Waals surface area contributed by atoms with E-state index in [0.717, 1.165) is 9.71 Å². The van der Waals surface area contributed by atoms with Crippen LogP contribution in [0.2, 0.25) is 0 Å². The van der Waals surface area contributed by atoms with Gasteiger partial charge in [-0.2, -0.15) is 0 Å². The van der Waals surface area contributed by atoms with Gasteiger partial charge in [0.05, 0.1) is 11.1 Å². The van der Waals surface area contributed by atoms with E-state index in [-0.39, 0.29) is 17.1 Å². The Bertz CT molecular complexity index is 1090. The molecule has 0 fully saturated rings. The largest absolute Gasteiger partial charge is 0.486 e. The zero-order valence-electron chi connectivity index (χ0n) is 15.0. The third-order valence-corrected chi connectivity index (χ3v) is 6.17. The van der Waals surface area contributed by atoms with Gasteiger partial charge in [-0.15, -0.1) is 11.3 Å². The lowest BCUT2D eigenvalue weighted by atomic mass is 10.1. The Balaban J connectivity index is 1.58. The molecule has 1 aromatic carbocycles. The number of thioether (sulfide) groups is 1. The molecule has 3 heterocycles. The Morgan fingerprint density at radius 3 is 2.81 bits per heavy atom. The molecule has 2 aromatic heterocycles. The zero-order chi connectivity index (χ0) is 19.0. The first-order valence-electron chi connectivity index (χ1n) is 8.63. The summed E-state index contributed by atoms with van der Waals surface area (Å²) < 4.78 is 12.6. The Kier molecular flexibility index (Phi) is 4.92. The number of nitrogens with zero attached hydrogens (tertiary/aromatic N) is 2. The molecule has 27 heavy (non-hydrogen) atoms. The molecule has 0 saturated carbocycles. The lowest BCUT2D eigenvalue weighted by Crippen LogP contribution is -2.22. The van der Waals surface area contributed by atoms with E-state index in [4.69, 9.17) is 9.47 Å². The molecule has 0 saturated heterocycles. The molecule has 1 aliphatic heterocycles. The maximum absolute atomic E-state index is 12.7. The molecule has 1 aliphatic rings. The second-order valence-electron chi connectivity index (χ2n) is 6.09. The summed E-state index contributed by atoms with van der Waals surface area (Å²) in [5.74, 6) is 1.40. The minimum Gasteiger partial charge on any atom is -0.486 e. The molecule has 140 valence electrons. The van der Waals surface area contributed by atoms with E-state index in [1.165, 1.54) is 23.1 Å². The van der Waals surface area contributed by atoms with Gasteiger partial charge in [0.1, 0.15) is 18.0 Å². The number of carbonyl (C=O) groups is 1. The van der Waals surface area contributed by atoms with Crippen LogP contribution in [0.25, 0.3) is 10.2 Å². The van der Waals surface area contributed by atoms with E-state index in [0.29, 0.717) is 47.4 Å². The molecule has 6 nitrogen and oxygen atoms in total. The average Bonchev–Trinajstić information content (AvgIpc) is 3.06. The fourth-order valence-corrected chi connectivity index (χ4v) is 4.82. The van der Waals surface area contributed by atoms with Gasteiger partial charge in [-0.3, -0.25) is 14.2 Å². The van der Waals surface area contributed by atoms with Crippen LogP contribution in [0.15, 0.2) is 34.2 Å². The SMILES string of the molecule is CCn1c(SCC(=O)c2ccc3c(c2)OCCO3)nc2sc(C)cc2c1=O. The summed E-state index contributed by atoms with van der Waals surface area (Å²) in [6, 6.07) is 7.08. The first-order chi connectivity index (χ1) is 13.1. The van der Waals surface area contributed by atoms with E-state index in [2.05, 4.69) is 4.98 Å². The predicted octanol–water partition coefficient (Wildman–Crippen LogP) is 3.53. The van der Waals surface area contributed by atoms with Crippen LogP contribution in [-0.2, 0) is 6.54 Å². The molecule has 0 unspecified atom stereocenters. The van der Waals surface area contributed by atoms with Gasteiger partial charge in [-0.25, -0.2) is 4.98 Å². The van der Waals surface area contributed by atoms with E-state index >= 15 is 0 Å². The number of thiophene rings is 1. The fourth-order valence-electron chi connectivity index (χ4n) is 2.94. The third kappa shape index (κ3) is 3.46. The van der Waals surface area contributed by atoms with Gasteiger partial charge >= 0.3 is 0 Å². The second-order valence-corrected chi connectivity index (χ2v) is 8.27. The minimum absolute atomic E-state index is 0.0451. The van der Waals surface area contributed by atoms with Crippen molar-refractivity contribution < 1.29 is 14.3 Å². The van der Waals surface area contributed by atoms with Crippen molar-refractivity contribution >= 4 is 39.1 Å². The Hall–Kier alpha value is -2.32. The number of fused-ring (bicyclic) bond motifs is 2. The molecule has 0 bridgehead atoms. The van der Waals surface area contributed by atoms with Crippen molar-refractivity contribution in [2.24, 2.45) is 0 Å². The zero-order valence-corrected chi connectivity index (χ0v) is 16.6. The highest BCUT2D eigenvalue weighted by molar-refractivity contribution is 7.99. The van der Waals surface area contributed by atoms with Crippen molar-refractivity contribution in [3.63, 3.8) is 0 Å². The Morgan fingerprint density at radius 2 is 2.04 bits per heavy atom. The van der Waals surface area contributed by atoms with Gasteiger partial charge < -0.3 is 9.47 Å². The quantitative estimate of drug-likeness (QED) is 0.369. The number of ether oxygens (including phenoxy) is 2. The van der Waals surface area contributed by atoms with E-state index in [1.807, 2.05) is 19.9 Å². The van der Waals surface area contributed by atoms with Crippen LogP contribution in [0, 0.1) is 6.92 Å². The minimum atomic E-state index is -0.0545. The van der Waals surface area contributed by atoms with Crippen LogP contribution in [0.4, 0.5) is 0 Å². The number of aromatic nitrogens is 2. The lowest BCUT2D eigenvalue weighted by Gasteiger charge is -2.18. The van der Waals surface area contributed by atoms with Crippen molar-refractivity contribution in [2.75, 3.05) is 19.0 Å². The van der Waals surface area contributed by atoms with Crippen molar-refractivity contribution in [1.29, 1.82) is 0 Å². The summed E-state index contributed by atoms with van der Waals surface area (Å²) in [5.41, 5.74) is 0.506. The predicted molar refractivity (Wildman–Crippen MR) is 107 cm³/mol. The number of hydrogen-bond donors (Lipinski definition) is 0. The van der Waals surface area contributed by atoms with Crippen molar-refractivity contribution in [3.05, 3.63) is 45.1 Å². The highest BCUT2D eigenvalue weighted by Crippen LogP contribution is 2.31. The lowest BCUT2D eigenvalue weighted by molar-refractivity contribution is 0.102. The van der Waals surface area contributed by atoms with Gasteiger partial charge in [0, 0.05) is 17.0 Å². The maximum Gasteiger partial charge on any atom is 0.262 e. The molecule has 0 radical (unpaired) electrons. The molecule has 0 aliphatic carbocycles. The Morgan fingerprint density at radius 1 is 1.26 bits per heavy atom. The van der Waals surface area contributed by atoms with E-state index in [1.54, 1.807) is 22.8 Å². The molecule has 0 amide bonds. The normalized spacial score (nSPS) is 13.1. The summed E-state index contributed by atoms with van der Waals surface area (Å²) in [7, 11) is 0. The second kappa shape index (κ2) is 7.36. The summed E-state index contributed by atoms with van der Waals surface area (Å²) in [6.07, 6.45) is 0. The highest BCUT2D eigenvalue weighted by Gasteiger charge is 2.17. The van der Waals surface area contributed by atoms with Crippen LogP contribution in [0.1, 0.15) is 22.2 Å². The number of ketones is 1. The number of carbonyl (C=O) groups excluding carboxylic acids is 1. The Labute approximate surface area is 164 Å².